The van der Waals surface area contributed by atoms with Crippen molar-refractivity contribution >= 4 is 17.3 Å². The van der Waals surface area contributed by atoms with Crippen LogP contribution in [0.3, 0.4) is 0 Å². The summed E-state index contributed by atoms with van der Waals surface area (Å²) in [7, 11) is 0. The molecule has 0 aliphatic heterocycles. The molecule has 0 radical (unpaired) electrons. The summed E-state index contributed by atoms with van der Waals surface area (Å²) < 4.78 is 36.3. The lowest BCUT2D eigenvalue weighted by Gasteiger charge is -2.03. The Labute approximate surface area is 81.0 Å². The molecular weight excluding hydrogens is 219 g/mol. The molecule has 0 amide bonds. The van der Waals surface area contributed by atoms with Crippen LogP contribution in [0, 0.1) is 0 Å². The third-order valence-electron chi connectivity index (χ3n) is 1.48. The maximum atomic E-state index is 12.1. The molecule has 1 atom stereocenters. The van der Waals surface area contributed by atoms with Gasteiger partial charge in [0, 0.05) is 4.88 Å². The first kappa shape index (κ1) is 11.0. The molecule has 3 N–H and O–H groups in total. The topological polar surface area (TPSA) is 63.3 Å². The molecule has 0 saturated heterocycles. The number of hydrogen-bond donors (Lipinski definition) is 2. The summed E-state index contributed by atoms with van der Waals surface area (Å²) in [6.07, 6.45) is -4.44. The minimum atomic E-state index is -4.44. The number of alkyl halides is 3. The van der Waals surface area contributed by atoms with E-state index in [2.05, 4.69) is 0 Å². The Morgan fingerprint density at radius 3 is 2.43 bits per heavy atom. The van der Waals surface area contributed by atoms with E-state index in [0.717, 1.165) is 12.1 Å². The second kappa shape index (κ2) is 3.58. The molecule has 0 spiro atoms. The first-order valence-electron chi connectivity index (χ1n) is 3.47. The van der Waals surface area contributed by atoms with Crippen molar-refractivity contribution in [2.24, 2.45) is 5.73 Å². The number of nitrogens with two attached hydrogens (primary N) is 1. The minimum Gasteiger partial charge on any atom is -0.480 e. The number of carboxylic acid groups (broad SMARTS) is 1. The molecule has 1 aromatic heterocycles. The first-order chi connectivity index (χ1) is 6.32. The van der Waals surface area contributed by atoms with Gasteiger partial charge >= 0.3 is 12.1 Å². The second-order valence-corrected chi connectivity index (χ2v) is 3.63. The summed E-state index contributed by atoms with van der Waals surface area (Å²) in [6, 6.07) is 0.505. The van der Waals surface area contributed by atoms with E-state index in [9.17, 15) is 18.0 Å². The highest BCUT2D eigenvalue weighted by Crippen LogP contribution is 2.35. The Balaban J connectivity index is 2.94. The Morgan fingerprint density at radius 2 is 2.07 bits per heavy atom. The SMILES string of the molecule is NC(C(=O)O)c1ccc(C(F)(F)F)s1. The molecule has 0 aromatic carbocycles. The molecule has 0 aliphatic carbocycles. The fourth-order valence-electron chi connectivity index (χ4n) is 0.794. The number of thiophene rings is 1. The molecule has 78 valence electrons. The van der Waals surface area contributed by atoms with Gasteiger partial charge in [0.05, 0.1) is 0 Å². The van der Waals surface area contributed by atoms with Gasteiger partial charge in [-0.25, -0.2) is 0 Å². The molecule has 1 aromatic rings. The van der Waals surface area contributed by atoms with Crippen molar-refractivity contribution in [1.82, 2.24) is 0 Å². The number of aliphatic carboxylic acids is 1. The van der Waals surface area contributed by atoms with Crippen LogP contribution in [0.2, 0.25) is 0 Å². The van der Waals surface area contributed by atoms with Crippen LogP contribution < -0.4 is 5.73 Å². The predicted octanol–water partition coefficient (Wildman–Crippen LogP) is 1.85. The third-order valence-corrected chi connectivity index (χ3v) is 2.69. The summed E-state index contributed by atoms with van der Waals surface area (Å²) >= 11 is 0.345. The van der Waals surface area contributed by atoms with Crippen LogP contribution in [0.15, 0.2) is 12.1 Å². The number of carbonyl (C=O) groups is 1. The van der Waals surface area contributed by atoms with E-state index in [1.807, 2.05) is 0 Å². The highest BCUT2D eigenvalue weighted by atomic mass is 32.1. The van der Waals surface area contributed by atoms with E-state index >= 15 is 0 Å². The maximum absolute atomic E-state index is 12.1. The van der Waals surface area contributed by atoms with E-state index in [1.165, 1.54) is 0 Å². The first-order valence-corrected chi connectivity index (χ1v) is 4.29. The lowest BCUT2D eigenvalue weighted by molar-refractivity contribution is -0.138. The Hall–Kier alpha value is -1.08. The average Bonchev–Trinajstić information content (AvgIpc) is 2.49. The van der Waals surface area contributed by atoms with E-state index in [1.54, 1.807) is 0 Å². The number of hydrogen-bond acceptors (Lipinski definition) is 3. The van der Waals surface area contributed by atoms with Gasteiger partial charge in [0.15, 0.2) is 0 Å². The number of halogens is 3. The summed E-state index contributed by atoms with van der Waals surface area (Å²) in [4.78, 5) is 9.51. The number of carboxylic acids is 1. The highest BCUT2D eigenvalue weighted by Gasteiger charge is 2.33. The van der Waals surface area contributed by atoms with Gasteiger partial charge in [-0.2, -0.15) is 13.2 Å². The molecule has 14 heavy (non-hydrogen) atoms. The van der Waals surface area contributed by atoms with Crippen molar-refractivity contribution in [2.75, 3.05) is 0 Å². The van der Waals surface area contributed by atoms with Crippen molar-refractivity contribution in [3.63, 3.8) is 0 Å². The van der Waals surface area contributed by atoms with E-state index in [-0.39, 0.29) is 4.88 Å². The fourth-order valence-corrected chi connectivity index (χ4v) is 1.66. The van der Waals surface area contributed by atoms with Crippen LogP contribution in [0.5, 0.6) is 0 Å². The zero-order valence-electron chi connectivity index (χ0n) is 6.71. The zero-order valence-corrected chi connectivity index (χ0v) is 7.52. The normalized spacial score (nSPS) is 14.0. The van der Waals surface area contributed by atoms with Crippen molar-refractivity contribution in [3.8, 4) is 0 Å². The van der Waals surface area contributed by atoms with Gasteiger partial charge in [-0.15, -0.1) is 11.3 Å². The van der Waals surface area contributed by atoms with E-state index < -0.39 is 23.1 Å². The molecule has 0 bridgehead atoms. The van der Waals surface area contributed by atoms with Crippen molar-refractivity contribution in [3.05, 3.63) is 21.9 Å². The summed E-state index contributed by atoms with van der Waals surface area (Å²) in [5.41, 5.74) is 5.14. The lowest BCUT2D eigenvalue weighted by atomic mass is 10.2. The van der Waals surface area contributed by atoms with Crippen molar-refractivity contribution in [1.29, 1.82) is 0 Å². The molecule has 1 unspecified atom stereocenters. The standard InChI is InChI=1S/C7H6F3NO2S/c8-7(9,10)4-2-1-3(14-4)5(11)6(12)13/h1-2,5H,11H2,(H,12,13). The second-order valence-electron chi connectivity index (χ2n) is 2.52. The molecule has 0 saturated carbocycles. The molecule has 3 nitrogen and oxygen atoms in total. The highest BCUT2D eigenvalue weighted by molar-refractivity contribution is 7.12. The molecule has 0 fully saturated rings. The van der Waals surface area contributed by atoms with Gasteiger partial charge in [-0.05, 0) is 12.1 Å². The summed E-state index contributed by atoms with van der Waals surface area (Å²) in [6.45, 7) is 0. The monoisotopic (exact) mass is 225 g/mol. The van der Waals surface area contributed by atoms with E-state index in [4.69, 9.17) is 10.8 Å². The molecule has 7 heteroatoms. The molecule has 1 rings (SSSR count). The smallest absolute Gasteiger partial charge is 0.425 e. The van der Waals surface area contributed by atoms with Crippen molar-refractivity contribution in [2.45, 2.75) is 12.2 Å². The Morgan fingerprint density at radius 1 is 1.50 bits per heavy atom. The van der Waals surface area contributed by atoms with Crippen LogP contribution in [-0.4, -0.2) is 11.1 Å². The van der Waals surface area contributed by atoms with Gasteiger partial charge < -0.3 is 10.8 Å². The molecule has 0 aliphatic rings. The summed E-state index contributed by atoms with van der Waals surface area (Å²) in [5.74, 6) is -1.35. The largest absolute Gasteiger partial charge is 0.480 e. The molecular formula is C7H6F3NO2S. The van der Waals surface area contributed by atoms with Gasteiger partial charge in [-0.1, -0.05) is 0 Å². The van der Waals surface area contributed by atoms with Crippen LogP contribution in [0.25, 0.3) is 0 Å². The van der Waals surface area contributed by atoms with Crippen LogP contribution in [0.4, 0.5) is 13.2 Å². The van der Waals surface area contributed by atoms with E-state index in [0.29, 0.717) is 11.3 Å². The average molecular weight is 225 g/mol. The van der Waals surface area contributed by atoms with Crippen LogP contribution in [-0.2, 0) is 11.0 Å². The van der Waals surface area contributed by atoms with Gasteiger partial charge in [-0.3, -0.25) is 4.79 Å². The number of rotatable bonds is 2. The van der Waals surface area contributed by atoms with Gasteiger partial charge in [0.25, 0.3) is 0 Å². The quantitative estimate of drug-likeness (QED) is 0.807. The molecule has 1 heterocycles. The fraction of sp³-hybridized carbons (Fsp3) is 0.286. The Kier molecular flexibility index (Phi) is 2.81. The van der Waals surface area contributed by atoms with Gasteiger partial charge in [0.1, 0.15) is 10.9 Å². The Bertz CT molecular complexity index is 347. The third kappa shape index (κ3) is 2.24. The predicted molar refractivity (Wildman–Crippen MR) is 43.9 cm³/mol. The zero-order chi connectivity index (χ0) is 10.9. The van der Waals surface area contributed by atoms with Crippen molar-refractivity contribution < 1.29 is 23.1 Å². The van der Waals surface area contributed by atoms with Crippen LogP contribution in [0.1, 0.15) is 15.8 Å². The summed E-state index contributed by atoms with van der Waals surface area (Å²) in [5, 5.41) is 8.45. The minimum absolute atomic E-state index is 0.00942. The maximum Gasteiger partial charge on any atom is 0.425 e. The van der Waals surface area contributed by atoms with Gasteiger partial charge in [0.2, 0.25) is 0 Å². The lowest BCUT2D eigenvalue weighted by Crippen LogP contribution is -2.19. The van der Waals surface area contributed by atoms with Crippen LogP contribution >= 0.6 is 11.3 Å².